The average Bonchev–Trinajstić information content (AvgIpc) is 2.51. The molecule has 0 aliphatic carbocycles. The summed E-state index contributed by atoms with van der Waals surface area (Å²) in [7, 11) is 0. The molecule has 2 aromatic carbocycles. The van der Waals surface area contributed by atoms with Gasteiger partial charge in [0.05, 0.1) is 11.1 Å². The van der Waals surface area contributed by atoms with Gasteiger partial charge in [-0.25, -0.2) is 0 Å². The monoisotopic (exact) mass is 362 g/mol. The standard InChI is InChI=1S/C17H16BrClN2/c1-3-12-4-6-13(7-5-12)17(2,11-20)21-14-8-9-16(19)15(18)10-14/h4-10,21H,3H2,1-2H3. The van der Waals surface area contributed by atoms with Crippen LogP contribution in [0.1, 0.15) is 25.0 Å². The van der Waals surface area contributed by atoms with Crippen LogP contribution in [0.2, 0.25) is 5.02 Å². The lowest BCUT2D eigenvalue weighted by atomic mass is 9.92. The Kier molecular flexibility index (Phi) is 4.92. The van der Waals surface area contributed by atoms with Gasteiger partial charge in [0, 0.05) is 10.2 Å². The summed E-state index contributed by atoms with van der Waals surface area (Å²) in [5.74, 6) is 0. The van der Waals surface area contributed by atoms with Gasteiger partial charge in [-0.1, -0.05) is 42.8 Å². The van der Waals surface area contributed by atoms with Crippen LogP contribution >= 0.6 is 27.5 Å². The summed E-state index contributed by atoms with van der Waals surface area (Å²) in [4.78, 5) is 0. The Balaban J connectivity index is 2.32. The van der Waals surface area contributed by atoms with Crippen molar-refractivity contribution in [2.24, 2.45) is 0 Å². The molecule has 1 unspecified atom stereocenters. The molecule has 0 aliphatic heterocycles. The summed E-state index contributed by atoms with van der Waals surface area (Å²) >= 11 is 9.39. The fraction of sp³-hybridized carbons (Fsp3) is 0.235. The number of aryl methyl sites for hydroxylation is 1. The fourth-order valence-electron chi connectivity index (χ4n) is 2.10. The minimum Gasteiger partial charge on any atom is -0.364 e. The molecular formula is C17H16BrClN2. The van der Waals surface area contributed by atoms with E-state index in [1.807, 2.05) is 31.2 Å². The van der Waals surface area contributed by atoms with Gasteiger partial charge < -0.3 is 5.32 Å². The molecule has 21 heavy (non-hydrogen) atoms. The van der Waals surface area contributed by atoms with E-state index in [9.17, 15) is 5.26 Å². The molecule has 0 amide bonds. The Bertz CT molecular complexity index is 676. The largest absolute Gasteiger partial charge is 0.364 e. The minimum absolute atomic E-state index is 0.645. The molecule has 0 saturated carbocycles. The third-order valence-electron chi connectivity index (χ3n) is 3.48. The predicted molar refractivity (Wildman–Crippen MR) is 91.6 cm³/mol. The number of hydrogen-bond donors (Lipinski definition) is 1. The van der Waals surface area contributed by atoms with Crippen molar-refractivity contribution in [3.63, 3.8) is 0 Å². The van der Waals surface area contributed by atoms with Gasteiger partial charge in [0.25, 0.3) is 0 Å². The van der Waals surface area contributed by atoms with Crippen LogP contribution < -0.4 is 5.32 Å². The lowest BCUT2D eigenvalue weighted by Crippen LogP contribution is -2.29. The van der Waals surface area contributed by atoms with Crippen LogP contribution in [0.15, 0.2) is 46.9 Å². The van der Waals surface area contributed by atoms with Crippen molar-refractivity contribution in [2.75, 3.05) is 5.32 Å². The van der Waals surface area contributed by atoms with Gasteiger partial charge >= 0.3 is 0 Å². The van der Waals surface area contributed by atoms with Crippen molar-refractivity contribution in [3.8, 4) is 6.07 Å². The van der Waals surface area contributed by atoms with Crippen molar-refractivity contribution < 1.29 is 0 Å². The van der Waals surface area contributed by atoms with Crippen LogP contribution in [0.3, 0.4) is 0 Å². The van der Waals surface area contributed by atoms with E-state index in [1.54, 1.807) is 6.07 Å². The lowest BCUT2D eigenvalue weighted by Gasteiger charge is -2.25. The van der Waals surface area contributed by atoms with Gasteiger partial charge in [-0.15, -0.1) is 0 Å². The first-order chi connectivity index (χ1) is 9.98. The zero-order chi connectivity index (χ0) is 15.5. The molecule has 0 radical (unpaired) electrons. The van der Waals surface area contributed by atoms with Crippen molar-refractivity contribution in [1.29, 1.82) is 5.26 Å². The second-order valence-corrected chi connectivity index (χ2v) is 6.30. The first-order valence-corrected chi connectivity index (χ1v) is 7.89. The topological polar surface area (TPSA) is 35.8 Å². The molecule has 0 aromatic heterocycles. The van der Waals surface area contributed by atoms with E-state index in [2.05, 4.69) is 46.4 Å². The molecule has 1 atom stereocenters. The van der Waals surface area contributed by atoms with Crippen LogP contribution in [0.25, 0.3) is 0 Å². The molecule has 108 valence electrons. The molecule has 0 aliphatic rings. The molecule has 4 heteroatoms. The van der Waals surface area contributed by atoms with Crippen LogP contribution in [-0.4, -0.2) is 0 Å². The normalized spacial score (nSPS) is 13.3. The SMILES string of the molecule is CCc1ccc(C(C)(C#N)Nc2ccc(Cl)c(Br)c2)cc1. The Labute approximate surface area is 138 Å². The summed E-state index contributed by atoms with van der Waals surface area (Å²) in [5, 5.41) is 13.5. The molecule has 0 spiro atoms. The zero-order valence-corrected chi connectivity index (χ0v) is 14.3. The highest BCUT2D eigenvalue weighted by atomic mass is 79.9. The third kappa shape index (κ3) is 3.58. The second kappa shape index (κ2) is 6.51. The van der Waals surface area contributed by atoms with Gasteiger partial charge in [0.15, 0.2) is 0 Å². The Morgan fingerprint density at radius 3 is 2.43 bits per heavy atom. The summed E-state index contributed by atoms with van der Waals surface area (Å²) in [6.07, 6.45) is 0.987. The first kappa shape index (κ1) is 15.9. The predicted octanol–water partition coefficient (Wildman–Crippen LogP) is 5.52. The number of rotatable bonds is 4. The summed E-state index contributed by atoms with van der Waals surface area (Å²) in [5.41, 5.74) is 2.25. The van der Waals surface area contributed by atoms with Crippen LogP contribution in [0, 0.1) is 11.3 Å². The first-order valence-electron chi connectivity index (χ1n) is 6.72. The minimum atomic E-state index is -0.792. The number of benzene rings is 2. The highest BCUT2D eigenvalue weighted by Crippen LogP contribution is 2.30. The van der Waals surface area contributed by atoms with E-state index in [-0.39, 0.29) is 0 Å². The van der Waals surface area contributed by atoms with Gasteiger partial charge in [-0.05, 0) is 58.6 Å². The number of anilines is 1. The fourth-order valence-corrected chi connectivity index (χ4v) is 2.60. The summed E-state index contributed by atoms with van der Waals surface area (Å²) in [6.45, 7) is 3.98. The second-order valence-electron chi connectivity index (χ2n) is 5.04. The van der Waals surface area contributed by atoms with Crippen molar-refractivity contribution in [1.82, 2.24) is 0 Å². The molecule has 1 N–H and O–H groups in total. The molecule has 0 fully saturated rings. The van der Waals surface area contributed by atoms with Gasteiger partial charge in [0.2, 0.25) is 0 Å². The molecular weight excluding hydrogens is 348 g/mol. The Hall–Kier alpha value is -1.50. The molecule has 2 nitrogen and oxygen atoms in total. The van der Waals surface area contributed by atoms with E-state index in [0.717, 1.165) is 22.1 Å². The summed E-state index contributed by atoms with van der Waals surface area (Å²) < 4.78 is 0.802. The van der Waals surface area contributed by atoms with Crippen LogP contribution in [0.5, 0.6) is 0 Å². The highest BCUT2D eigenvalue weighted by molar-refractivity contribution is 9.10. The third-order valence-corrected chi connectivity index (χ3v) is 4.69. The smallest absolute Gasteiger partial charge is 0.148 e. The van der Waals surface area contributed by atoms with E-state index >= 15 is 0 Å². The number of halogens is 2. The van der Waals surface area contributed by atoms with Gasteiger partial charge in [-0.2, -0.15) is 5.26 Å². The molecule has 0 heterocycles. The summed E-state index contributed by atoms with van der Waals surface area (Å²) in [6, 6.07) is 16.0. The number of nitrogens with one attached hydrogen (secondary N) is 1. The van der Waals surface area contributed by atoms with Crippen molar-refractivity contribution in [2.45, 2.75) is 25.8 Å². The number of nitriles is 1. The Morgan fingerprint density at radius 2 is 1.90 bits per heavy atom. The highest BCUT2D eigenvalue weighted by Gasteiger charge is 2.26. The van der Waals surface area contributed by atoms with Crippen molar-refractivity contribution in [3.05, 3.63) is 63.1 Å². The lowest BCUT2D eigenvalue weighted by molar-refractivity contribution is 0.706. The van der Waals surface area contributed by atoms with E-state index in [0.29, 0.717) is 5.02 Å². The quantitative estimate of drug-likeness (QED) is 0.776. The van der Waals surface area contributed by atoms with Crippen LogP contribution in [-0.2, 0) is 12.0 Å². The molecule has 2 aromatic rings. The maximum absolute atomic E-state index is 9.60. The Morgan fingerprint density at radius 1 is 1.24 bits per heavy atom. The van der Waals surface area contributed by atoms with Crippen LogP contribution in [0.4, 0.5) is 5.69 Å². The zero-order valence-electron chi connectivity index (χ0n) is 12.0. The maximum atomic E-state index is 9.60. The maximum Gasteiger partial charge on any atom is 0.148 e. The van der Waals surface area contributed by atoms with Gasteiger partial charge in [-0.3, -0.25) is 0 Å². The molecule has 2 rings (SSSR count). The number of nitrogens with zero attached hydrogens (tertiary/aromatic N) is 1. The number of hydrogen-bond acceptors (Lipinski definition) is 2. The average molecular weight is 364 g/mol. The van der Waals surface area contributed by atoms with Crippen molar-refractivity contribution >= 4 is 33.2 Å². The van der Waals surface area contributed by atoms with Gasteiger partial charge in [0.1, 0.15) is 5.54 Å². The molecule has 0 saturated heterocycles. The van der Waals surface area contributed by atoms with E-state index in [4.69, 9.17) is 11.6 Å². The molecule has 0 bridgehead atoms. The van der Waals surface area contributed by atoms with E-state index < -0.39 is 5.54 Å². The van der Waals surface area contributed by atoms with E-state index in [1.165, 1.54) is 5.56 Å².